The topological polar surface area (TPSA) is 79.7 Å². The molecule has 7 heteroatoms. The maximum atomic E-state index is 12.8. The van der Waals surface area contributed by atoms with E-state index in [1.165, 1.54) is 18.4 Å². The monoisotopic (exact) mass is 326 g/mol. The Bertz CT molecular complexity index is 578. The van der Waals surface area contributed by atoms with Gasteiger partial charge in [-0.25, -0.2) is 4.98 Å². The number of amides is 1. The minimum Gasteiger partial charge on any atom is -0.481 e. The van der Waals surface area contributed by atoms with E-state index >= 15 is 0 Å². The maximum Gasteiger partial charge on any atom is 0.313 e. The van der Waals surface area contributed by atoms with Gasteiger partial charge in [0.1, 0.15) is 10.3 Å². The van der Waals surface area contributed by atoms with Crippen LogP contribution in [0.25, 0.3) is 0 Å². The van der Waals surface area contributed by atoms with E-state index in [-0.39, 0.29) is 24.5 Å². The number of carboxylic acid groups (broad SMARTS) is 1. The number of rotatable bonds is 4. The molecule has 1 aromatic heterocycles. The molecule has 0 aliphatic carbocycles. The average Bonchev–Trinajstić information content (AvgIpc) is 3.05. The molecule has 1 aliphatic heterocycles. The summed E-state index contributed by atoms with van der Waals surface area (Å²) >= 11 is 1.31. The molecular formula is C15H22N2O4S. The smallest absolute Gasteiger partial charge is 0.313 e. The summed E-state index contributed by atoms with van der Waals surface area (Å²) in [5, 5.41) is 9.48. The number of hydrogen-bond acceptors (Lipinski definition) is 5. The first-order chi connectivity index (χ1) is 10.2. The van der Waals surface area contributed by atoms with Gasteiger partial charge in [0, 0.05) is 25.6 Å². The summed E-state index contributed by atoms with van der Waals surface area (Å²) in [6, 6.07) is 0. The molecule has 0 spiro atoms. The molecule has 1 amide bonds. The van der Waals surface area contributed by atoms with Crippen molar-refractivity contribution in [1.82, 2.24) is 9.88 Å². The lowest BCUT2D eigenvalue weighted by molar-refractivity contribution is -0.151. The summed E-state index contributed by atoms with van der Waals surface area (Å²) in [6.45, 7) is 6.74. The fourth-order valence-corrected chi connectivity index (χ4v) is 3.72. The lowest BCUT2D eigenvalue weighted by Crippen LogP contribution is -2.40. The van der Waals surface area contributed by atoms with Gasteiger partial charge < -0.3 is 14.7 Å². The average molecular weight is 326 g/mol. The fourth-order valence-electron chi connectivity index (χ4n) is 2.75. The molecule has 2 heterocycles. The standard InChI is InChI=1S/C15H22N2O4S/c1-14(2,3)11-10(22-9-16-11)12(18)17-6-5-15(7-17,8-21-4)13(19)20/h9H,5-8H2,1-4H3,(H,19,20). The molecule has 6 nitrogen and oxygen atoms in total. The SMILES string of the molecule is COCC1(C(=O)O)CCN(C(=O)c2scnc2C(C)(C)C)C1. The molecule has 1 atom stereocenters. The van der Waals surface area contributed by atoms with Crippen molar-refractivity contribution in [2.75, 3.05) is 26.8 Å². The molecule has 1 saturated heterocycles. The van der Waals surface area contributed by atoms with Crippen molar-refractivity contribution in [3.8, 4) is 0 Å². The second-order valence-electron chi connectivity index (χ2n) is 6.78. The number of aliphatic carboxylic acids is 1. The first kappa shape index (κ1) is 16.9. The Morgan fingerprint density at radius 3 is 2.73 bits per heavy atom. The minimum atomic E-state index is -1.00. The molecule has 1 aromatic rings. The minimum absolute atomic E-state index is 0.112. The van der Waals surface area contributed by atoms with Crippen LogP contribution in [0.4, 0.5) is 0 Å². The number of nitrogens with zero attached hydrogens (tertiary/aromatic N) is 2. The second kappa shape index (κ2) is 5.96. The quantitative estimate of drug-likeness (QED) is 0.915. The van der Waals surface area contributed by atoms with Gasteiger partial charge in [-0.3, -0.25) is 9.59 Å². The van der Waals surface area contributed by atoms with Crippen LogP contribution in [0.3, 0.4) is 0 Å². The Balaban J connectivity index is 2.23. The fraction of sp³-hybridized carbons (Fsp3) is 0.667. The lowest BCUT2D eigenvalue weighted by atomic mass is 9.88. The summed E-state index contributed by atoms with van der Waals surface area (Å²) in [4.78, 5) is 30.8. The zero-order valence-corrected chi connectivity index (χ0v) is 14.2. The van der Waals surface area contributed by atoms with Crippen LogP contribution in [0.15, 0.2) is 5.51 Å². The van der Waals surface area contributed by atoms with Crippen molar-refractivity contribution in [3.05, 3.63) is 16.1 Å². The normalized spacial score (nSPS) is 22.1. The van der Waals surface area contributed by atoms with E-state index < -0.39 is 11.4 Å². The van der Waals surface area contributed by atoms with Gasteiger partial charge in [0.2, 0.25) is 0 Å². The van der Waals surface area contributed by atoms with E-state index in [1.807, 2.05) is 20.8 Å². The summed E-state index contributed by atoms with van der Waals surface area (Å²) in [6.07, 6.45) is 0.408. The number of carboxylic acids is 1. The molecule has 2 rings (SSSR count). The molecule has 122 valence electrons. The number of hydrogen-bond donors (Lipinski definition) is 1. The zero-order chi connectivity index (χ0) is 16.5. The molecule has 1 unspecified atom stereocenters. The van der Waals surface area contributed by atoms with Crippen molar-refractivity contribution < 1.29 is 19.4 Å². The van der Waals surface area contributed by atoms with Crippen LogP contribution in [0.5, 0.6) is 0 Å². The predicted molar refractivity (Wildman–Crippen MR) is 83.3 cm³/mol. The number of carbonyl (C=O) groups is 2. The van der Waals surface area contributed by atoms with Crippen LogP contribution in [-0.2, 0) is 14.9 Å². The highest BCUT2D eigenvalue weighted by Crippen LogP contribution is 2.34. The van der Waals surface area contributed by atoms with Gasteiger partial charge in [0.25, 0.3) is 5.91 Å². The van der Waals surface area contributed by atoms with E-state index in [0.29, 0.717) is 17.8 Å². The molecule has 0 aromatic carbocycles. The summed E-state index contributed by atoms with van der Waals surface area (Å²) < 4.78 is 5.06. The first-order valence-electron chi connectivity index (χ1n) is 7.17. The third-order valence-electron chi connectivity index (χ3n) is 3.99. The Morgan fingerprint density at radius 2 is 2.18 bits per heavy atom. The summed E-state index contributed by atoms with van der Waals surface area (Å²) in [5.74, 6) is -1.04. The largest absolute Gasteiger partial charge is 0.481 e. The van der Waals surface area contributed by atoms with Crippen LogP contribution >= 0.6 is 11.3 Å². The van der Waals surface area contributed by atoms with Crippen molar-refractivity contribution in [2.45, 2.75) is 32.6 Å². The van der Waals surface area contributed by atoms with Crippen molar-refractivity contribution in [3.63, 3.8) is 0 Å². The molecule has 0 radical (unpaired) electrons. The van der Waals surface area contributed by atoms with E-state index in [4.69, 9.17) is 4.74 Å². The van der Waals surface area contributed by atoms with E-state index in [0.717, 1.165) is 5.69 Å². The number of thiazole rings is 1. The Kier molecular flexibility index (Phi) is 4.58. The van der Waals surface area contributed by atoms with Gasteiger partial charge in [0.05, 0.1) is 17.8 Å². The molecule has 1 N–H and O–H groups in total. The number of likely N-dealkylation sites (tertiary alicyclic amines) is 1. The Morgan fingerprint density at radius 1 is 1.50 bits per heavy atom. The summed E-state index contributed by atoms with van der Waals surface area (Å²) in [5.41, 5.74) is 1.21. The van der Waals surface area contributed by atoms with Gasteiger partial charge in [-0.05, 0) is 6.42 Å². The highest BCUT2D eigenvalue weighted by molar-refractivity contribution is 7.11. The molecule has 0 bridgehead atoms. The van der Waals surface area contributed by atoms with Gasteiger partial charge >= 0.3 is 5.97 Å². The van der Waals surface area contributed by atoms with Gasteiger partial charge in [-0.1, -0.05) is 20.8 Å². The predicted octanol–water partition coefficient (Wildman–Crippen LogP) is 2.00. The van der Waals surface area contributed by atoms with Crippen LogP contribution < -0.4 is 0 Å². The third kappa shape index (κ3) is 3.01. The molecule has 1 aliphatic rings. The van der Waals surface area contributed by atoms with Crippen LogP contribution in [0.1, 0.15) is 42.6 Å². The van der Waals surface area contributed by atoms with Gasteiger partial charge in [-0.15, -0.1) is 11.3 Å². The number of carbonyl (C=O) groups excluding carboxylic acids is 1. The molecular weight excluding hydrogens is 304 g/mol. The van der Waals surface area contributed by atoms with Crippen LogP contribution in [-0.4, -0.2) is 53.7 Å². The maximum absolute atomic E-state index is 12.8. The van der Waals surface area contributed by atoms with Gasteiger partial charge in [0.15, 0.2) is 0 Å². The number of aromatic nitrogens is 1. The molecule has 22 heavy (non-hydrogen) atoms. The third-order valence-corrected chi connectivity index (χ3v) is 4.80. The van der Waals surface area contributed by atoms with E-state index in [1.54, 1.807) is 10.4 Å². The zero-order valence-electron chi connectivity index (χ0n) is 13.4. The Labute approximate surface area is 134 Å². The molecule has 0 saturated carbocycles. The molecule has 1 fully saturated rings. The second-order valence-corrected chi connectivity index (χ2v) is 7.63. The van der Waals surface area contributed by atoms with E-state index in [9.17, 15) is 14.7 Å². The highest BCUT2D eigenvalue weighted by atomic mass is 32.1. The first-order valence-corrected chi connectivity index (χ1v) is 8.05. The van der Waals surface area contributed by atoms with Gasteiger partial charge in [-0.2, -0.15) is 0 Å². The van der Waals surface area contributed by atoms with E-state index in [2.05, 4.69) is 4.98 Å². The lowest BCUT2D eigenvalue weighted by Gasteiger charge is -2.24. The summed E-state index contributed by atoms with van der Waals surface area (Å²) in [7, 11) is 1.48. The van der Waals surface area contributed by atoms with Crippen LogP contribution in [0, 0.1) is 5.41 Å². The number of methoxy groups -OCH3 is 1. The Hall–Kier alpha value is -1.47. The van der Waals surface area contributed by atoms with Crippen LogP contribution in [0.2, 0.25) is 0 Å². The van der Waals surface area contributed by atoms with Crippen molar-refractivity contribution in [1.29, 1.82) is 0 Å². The van der Waals surface area contributed by atoms with Crippen molar-refractivity contribution >= 4 is 23.2 Å². The number of ether oxygens (including phenoxy) is 1. The van der Waals surface area contributed by atoms with Crippen molar-refractivity contribution in [2.24, 2.45) is 5.41 Å². The highest BCUT2D eigenvalue weighted by Gasteiger charge is 2.47.